The summed E-state index contributed by atoms with van der Waals surface area (Å²) >= 11 is 15.0. The Bertz CT molecular complexity index is 858. The van der Waals surface area contributed by atoms with Crippen molar-refractivity contribution in [3.8, 4) is 0 Å². The number of amides is 1. The van der Waals surface area contributed by atoms with Gasteiger partial charge in [-0.15, -0.1) is 11.3 Å². The molecule has 27 heavy (non-hydrogen) atoms. The van der Waals surface area contributed by atoms with Gasteiger partial charge in [0.05, 0.1) is 5.02 Å². The summed E-state index contributed by atoms with van der Waals surface area (Å²) in [5, 5.41) is 5.08. The molecular formula is C17H20Cl2N2O3S3. The van der Waals surface area contributed by atoms with Crippen LogP contribution in [0.25, 0.3) is 0 Å². The van der Waals surface area contributed by atoms with Crippen molar-refractivity contribution in [2.24, 2.45) is 0 Å². The van der Waals surface area contributed by atoms with Gasteiger partial charge in [-0.1, -0.05) is 29.3 Å². The van der Waals surface area contributed by atoms with E-state index in [1.54, 1.807) is 11.3 Å². The Labute approximate surface area is 177 Å². The summed E-state index contributed by atoms with van der Waals surface area (Å²) < 4.78 is 27.9. The van der Waals surface area contributed by atoms with E-state index >= 15 is 0 Å². The molecular weight excluding hydrogens is 447 g/mol. The fourth-order valence-electron chi connectivity index (χ4n) is 2.30. The van der Waals surface area contributed by atoms with Gasteiger partial charge in [0.1, 0.15) is 10.9 Å². The number of benzene rings is 1. The highest BCUT2D eigenvalue weighted by molar-refractivity contribution is 7.98. The SMILES string of the molecule is CSCCC(NS(=O)(=O)c1cc(Cl)ccc1Cl)C(=O)NCCc1cccs1. The first-order valence-electron chi connectivity index (χ1n) is 8.10. The molecule has 0 saturated carbocycles. The Balaban J connectivity index is 2.07. The van der Waals surface area contributed by atoms with Crippen molar-refractivity contribution in [1.29, 1.82) is 0 Å². The van der Waals surface area contributed by atoms with E-state index < -0.39 is 16.1 Å². The van der Waals surface area contributed by atoms with Crippen LogP contribution in [0.3, 0.4) is 0 Å². The van der Waals surface area contributed by atoms with Crippen molar-refractivity contribution >= 4 is 62.2 Å². The van der Waals surface area contributed by atoms with Crippen LogP contribution in [0.4, 0.5) is 0 Å². The summed E-state index contributed by atoms with van der Waals surface area (Å²) in [5.74, 6) is 0.275. The summed E-state index contributed by atoms with van der Waals surface area (Å²) in [6.07, 6.45) is 2.96. The molecule has 0 aliphatic carbocycles. The van der Waals surface area contributed by atoms with Crippen molar-refractivity contribution in [2.45, 2.75) is 23.8 Å². The zero-order valence-electron chi connectivity index (χ0n) is 14.6. The first-order chi connectivity index (χ1) is 12.8. The standard InChI is InChI=1S/C17H20Cl2N2O3S3/c1-25-10-7-15(17(22)20-8-6-13-3-2-9-26-13)21-27(23,24)16-11-12(18)4-5-14(16)19/h2-5,9,11,15,21H,6-8,10H2,1H3,(H,20,22). The van der Waals surface area contributed by atoms with E-state index in [0.717, 1.165) is 4.88 Å². The number of sulfonamides is 1. The van der Waals surface area contributed by atoms with Crippen LogP contribution in [0.1, 0.15) is 11.3 Å². The first kappa shape index (κ1) is 22.5. The summed E-state index contributed by atoms with van der Waals surface area (Å²) in [6, 6.07) is 7.24. The van der Waals surface area contributed by atoms with Gasteiger partial charge in [-0.3, -0.25) is 4.79 Å². The van der Waals surface area contributed by atoms with Gasteiger partial charge < -0.3 is 5.32 Å². The van der Waals surface area contributed by atoms with E-state index in [2.05, 4.69) is 10.0 Å². The number of thiophene rings is 1. The highest BCUT2D eigenvalue weighted by Gasteiger charge is 2.27. The fourth-order valence-corrected chi connectivity index (χ4v) is 5.47. The molecule has 0 aliphatic rings. The monoisotopic (exact) mass is 466 g/mol. The predicted molar refractivity (Wildman–Crippen MR) is 115 cm³/mol. The number of hydrogen-bond donors (Lipinski definition) is 2. The third-order valence-electron chi connectivity index (χ3n) is 3.66. The third kappa shape index (κ3) is 6.96. The van der Waals surface area contributed by atoms with E-state index in [1.165, 1.54) is 30.0 Å². The number of nitrogens with one attached hydrogen (secondary N) is 2. The topological polar surface area (TPSA) is 75.3 Å². The van der Waals surface area contributed by atoms with Gasteiger partial charge in [0.2, 0.25) is 15.9 Å². The van der Waals surface area contributed by atoms with Crippen LogP contribution in [-0.2, 0) is 21.2 Å². The van der Waals surface area contributed by atoms with Crippen molar-refractivity contribution in [2.75, 3.05) is 18.6 Å². The van der Waals surface area contributed by atoms with Crippen LogP contribution in [0.2, 0.25) is 10.0 Å². The number of hydrogen-bond acceptors (Lipinski definition) is 5. The molecule has 0 bridgehead atoms. The Morgan fingerprint density at radius 1 is 1.30 bits per heavy atom. The highest BCUT2D eigenvalue weighted by Crippen LogP contribution is 2.25. The van der Waals surface area contributed by atoms with Crippen LogP contribution < -0.4 is 10.0 Å². The Morgan fingerprint density at radius 2 is 2.07 bits per heavy atom. The smallest absolute Gasteiger partial charge is 0.242 e. The molecule has 0 spiro atoms. The molecule has 0 aliphatic heterocycles. The molecule has 0 radical (unpaired) electrons. The largest absolute Gasteiger partial charge is 0.354 e. The number of halogens is 2. The predicted octanol–water partition coefficient (Wildman–Crippen LogP) is 3.81. The molecule has 2 N–H and O–H groups in total. The maximum Gasteiger partial charge on any atom is 0.242 e. The Kier molecular flexibility index (Phi) is 8.91. The zero-order valence-corrected chi connectivity index (χ0v) is 18.5. The van der Waals surface area contributed by atoms with Crippen LogP contribution in [0, 0.1) is 0 Å². The Morgan fingerprint density at radius 3 is 2.74 bits per heavy atom. The molecule has 10 heteroatoms. The van der Waals surface area contributed by atoms with Crippen LogP contribution in [0.15, 0.2) is 40.6 Å². The lowest BCUT2D eigenvalue weighted by Crippen LogP contribution is -2.47. The number of carbonyl (C=O) groups is 1. The normalized spacial score (nSPS) is 12.7. The molecule has 148 valence electrons. The minimum Gasteiger partial charge on any atom is -0.354 e. The molecule has 1 amide bonds. The maximum atomic E-state index is 12.7. The summed E-state index contributed by atoms with van der Waals surface area (Å²) in [6.45, 7) is 0.439. The van der Waals surface area contributed by atoms with Crippen molar-refractivity contribution in [3.63, 3.8) is 0 Å². The van der Waals surface area contributed by atoms with E-state index in [0.29, 0.717) is 25.1 Å². The molecule has 1 aromatic heterocycles. The van der Waals surface area contributed by atoms with E-state index in [-0.39, 0.29) is 20.8 Å². The lowest BCUT2D eigenvalue weighted by atomic mass is 10.2. The van der Waals surface area contributed by atoms with Crippen LogP contribution in [0.5, 0.6) is 0 Å². The van der Waals surface area contributed by atoms with Crippen LogP contribution in [-0.4, -0.2) is 38.9 Å². The first-order valence-corrected chi connectivity index (χ1v) is 12.6. The molecule has 2 aromatic rings. The van der Waals surface area contributed by atoms with E-state index in [4.69, 9.17) is 23.2 Å². The molecule has 0 fully saturated rings. The fraction of sp³-hybridized carbons (Fsp3) is 0.353. The quantitative estimate of drug-likeness (QED) is 0.557. The third-order valence-corrected chi connectivity index (χ3v) is 7.43. The molecule has 5 nitrogen and oxygen atoms in total. The number of rotatable bonds is 10. The molecule has 1 unspecified atom stereocenters. The maximum absolute atomic E-state index is 12.7. The summed E-state index contributed by atoms with van der Waals surface area (Å²) in [5.41, 5.74) is 0. The van der Waals surface area contributed by atoms with Gasteiger partial charge in [-0.2, -0.15) is 16.5 Å². The van der Waals surface area contributed by atoms with Gasteiger partial charge in [0.15, 0.2) is 0 Å². The molecule has 1 heterocycles. The minimum absolute atomic E-state index is 0.0496. The molecule has 1 atom stereocenters. The zero-order chi connectivity index (χ0) is 19.9. The lowest BCUT2D eigenvalue weighted by molar-refractivity contribution is -0.122. The van der Waals surface area contributed by atoms with Gasteiger partial charge in [0.25, 0.3) is 0 Å². The summed E-state index contributed by atoms with van der Waals surface area (Å²) in [7, 11) is -3.99. The Hall–Kier alpha value is -0.770. The molecule has 0 saturated heterocycles. The second-order valence-electron chi connectivity index (χ2n) is 5.65. The van der Waals surface area contributed by atoms with Gasteiger partial charge >= 0.3 is 0 Å². The van der Waals surface area contributed by atoms with Gasteiger partial charge in [0, 0.05) is 16.4 Å². The average Bonchev–Trinajstić information content (AvgIpc) is 3.13. The second kappa shape index (κ2) is 10.7. The number of thioether (sulfide) groups is 1. The average molecular weight is 467 g/mol. The van der Waals surface area contributed by atoms with Crippen molar-refractivity contribution < 1.29 is 13.2 Å². The number of carbonyl (C=O) groups excluding carboxylic acids is 1. The second-order valence-corrected chi connectivity index (χ2v) is 10.2. The van der Waals surface area contributed by atoms with Gasteiger partial charge in [-0.25, -0.2) is 8.42 Å². The lowest BCUT2D eigenvalue weighted by Gasteiger charge is -2.18. The van der Waals surface area contributed by atoms with Crippen molar-refractivity contribution in [3.05, 3.63) is 50.6 Å². The van der Waals surface area contributed by atoms with Crippen LogP contribution >= 0.6 is 46.3 Å². The van der Waals surface area contributed by atoms with Crippen molar-refractivity contribution in [1.82, 2.24) is 10.0 Å². The molecule has 2 rings (SSSR count). The van der Waals surface area contributed by atoms with E-state index in [9.17, 15) is 13.2 Å². The molecule has 1 aromatic carbocycles. The van der Waals surface area contributed by atoms with E-state index in [1.807, 2.05) is 23.8 Å². The summed E-state index contributed by atoms with van der Waals surface area (Å²) in [4.78, 5) is 13.5. The van der Waals surface area contributed by atoms with Gasteiger partial charge in [-0.05, 0) is 54.5 Å². The minimum atomic E-state index is -3.99. The highest BCUT2D eigenvalue weighted by atomic mass is 35.5.